The van der Waals surface area contributed by atoms with Crippen molar-refractivity contribution in [2.24, 2.45) is 0 Å². The SMILES string of the molecule is CC1=CC(C)(C)NC(=S)N1c1ccc2ccccc2c1S(=O)(=O)O. The summed E-state index contributed by atoms with van der Waals surface area (Å²) in [6.45, 7) is 5.81. The minimum atomic E-state index is -4.44. The van der Waals surface area contributed by atoms with Gasteiger partial charge in [-0.25, -0.2) is 0 Å². The molecule has 3 rings (SSSR count). The molecule has 1 aliphatic rings. The van der Waals surface area contributed by atoms with E-state index in [1.807, 2.05) is 39.0 Å². The highest BCUT2D eigenvalue weighted by molar-refractivity contribution is 7.86. The molecule has 2 aromatic carbocycles. The van der Waals surface area contributed by atoms with Crippen molar-refractivity contribution < 1.29 is 13.0 Å². The summed E-state index contributed by atoms with van der Waals surface area (Å²) in [6.07, 6.45) is 1.96. The molecule has 5 nitrogen and oxygen atoms in total. The monoisotopic (exact) mass is 362 g/mol. The lowest BCUT2D eigenvalue weighted by atomic mass is 10.0. The van der Waals surface area contributed by atoms with Crippen LogP contribution in [0.25, 0.3) is 10.8 Å². The van der Waals surface area contributed by atoms with Crippen LogP contribution < -0.4 is 10.2 Å². The van der Waals surface area contributed by atoms with Crippen molar-refractivity contribution in [1.82, 2.24) is 5.32 Å². The summed E-state index contributed by atoms with van der Waals surface area (Å²) in [5.41, 5.74) is 0.800. The Morgan fingerprint density at radius 2 is 1.83 bits per heavy atom. The highest BCUT2D eigenvalue weighted by atomic mass is 32.2. The number of hydrogen-bond donors (Lipinski definition) is 2. The Morgan fingerprint density at radius 1 is 1.17 bits per heavy atom. The first-order valence-electron chi connectivity index (χ1n) is 7.41. The number of hydrogen-bond acceptors (Lipinski definition) is 3. The minimum Gasteiger partial charge on any atom is -0.354 e. The molecule has 0 unspecified atom stereocenters. The summed E-state index contributed by atoms with van der Waals surface area (Å²) >= 11 is 5.44. The van der Waals surface area contributed by atoms with Crippen LogP contribution >= 0.6 is 12.2 Å². The van der Waals surface area contributed by atoms with Gasteiger partial charge in [0, 0.05) is 11.1 Å². The van der Waals surface area contributed by atoms with E-state index in [1.165, 1.54) is 0 Å². The number of benzene rings is 2. The summed E-state index contributed by atoms with van der Waals surface area (Å²) in [6, 6.07) is 10.5. The van der Waals surface area contributed by atoms with E-state index in [4.69, 9.17) is 12.2 Å². The summed E-state index contributed by atoms with van der Waals surface area (Å²) in [7, 11) is -4.44. The molecule has 0 fully saturated rings. The molecular formula is C17H18N2O3S2. The fourth-order valence-electron chi connectivity index (χ4n) is 3.09. The molecule has 0 saturated carbocycles. The Hall–Kier alpha value is -1.96. The van der Waals surface area contributed by atoms with Crippen LogP contribution in [0.3, 0.4) is 0 Å². The van der Waals surface area contributed by atoms with E-state index in [-0.39, 0.29) is 10.4 Å². The maximum atomic E-state index is 12.1. The van der Waals surface area contributed by atoms with Crippen LogP contribution in [-0.2, 0) is 10.1 Å². The number of thiocarbonyl (C=S) groups is 1. The summed E-state index contributed by atoms with van der Waals surface area (Å²) < 4.78 is 34.0. The predicted octanol–water partition coefficient (Wildman–Crippen LogP) is 3.46. The van der Waals surface area contributed by atoms with E-state index in [0.717, 1.165) is 11.1 Å². The van der Waals surface area contributed by atoms with Gasteiger partial charge in [-0.1, -0.05) is 30.3 Å². The van der Waals surface area contributed by atoms with E-state index >= 15 is 0 Å². The first-order chi connectivity index (χ1) is 11.1. The molecule has 7 heteroatoms. The van der Waals surface area contributed by atoms with Crippen molar-refractivity contribution in [3.63, 3.8) is 0 Å². The van der Waals surface area contributed by atoms with Gasteiger partial charge < -0.3 is 5.32 Å². The standard InChI is InChI=1S/C17H18N2O3S2/c1-11-10-17(2,3)18-16(23)19(11)14-9-8-12-6-4-5-7-13(12)15(14)24(20,21)22/h4-10H,1-3H3,(H,18,23)(H,20,21,22). The molecule has 0 spiro atoms. The third kappa shape index (κ3) is 2.90. The van der Waals surface area contributed by atoms with E-state index in [0.29, 0.717) is 16.2 Å². The zero-order valence-corrected chi connectivity index (χ0v) is 15.2. The number of nitrogens with one attached hydrogen (secondary N) is 1. The molecule has 1 aliphatic heterocycles. The molecule has 2 N–H and O–H groups in total. The van der Waals surface area contributed by atoms with Gasteiger partial charge in [-0.2, -0.15) is 8.42 Å². The van der Waals surface area contributed by atoms with Gasteiger partial charge in [0.15, 0.2) is 5.11 Å². The highest BCUT2D eigenvalue weighted by Gasteiger charge is 2.31. The lowest BCUT2D eigenvalue weighted by molar-refractivity contribution is 0.484. The van der Waals surface area contributed by atoms with Gasteiger partial charge in [0.1, 0.15) is 4.90 Å². The van der Waals surface area contributed by atoms with Crippen LogP contribution in [0.2, 0.25) is 0 Å². The molecule has 0 aliphatic carbocycles. The number of allylic oxidation sites excluding steroid dienone is 1. The Bertz CT molecular complexity index is 978. The van der Waals surface area contributed by atoms with Gasteiger partial charge in [-0.05, 0) is 50.5 Å². The second-order valence-corrected chi connectivity index (χ2v) is 8.13. The van der Waals surface area contributed by atoms with E-state index in [1.54, 1.807) is 29.2 Å². The topological polar surface area (TPSA) is 69.6 Å². The molecule has 126 valence electrons. The second-order valence-electron chi connectivity index (χ2n) is 6.38. The normalized spacial score (nSPS) is 17.6. The van der Waals surface area contributed by atoms with Crippen molar-refractivity contribution in [3.05, 3.63) is 48.2 Å². The van der Waals surface area contributed by atoms with Gasteiger partial charge in [0.2, 0.25) is 0 Å². The zero-order valence-electron chi connectivity index (χ0n) is 13.6. The summed E-state index contributed by atoms with van der Waals surface area (Å²) in [5.74, 6) is 0. The molecule has 24 heavy (non-hydrogen) atoms. The van der Waals surface area contributed by atoms with Crippen LogP contribution in [0.1, 0.15) is 20.8 Å². The average molecular weight is 362 g/mol. The van der Waals surface area contributed by atoms with Gasteiger partial charge >= 0.3 is 0 Å². The van der Waals surface area contributed by atoms with Crippen LogP contribution in [0.4, 0.5) is 5.69 Å². The Balaban J connectivity index is 2.33. The van der Waals surface area contributed by atoms with Crippen LogP contribution in [0, 0.1) is 0 Å². The van der Waals surface area contributed by atoms with Gasteiger partial charge in [-0.15, -0.1) is 0 Å². The quantitative estimate of drug-likeness (QED) is 0.630. The van der Waals surface area contributed by atoms with Crippen LogP contribution in [0.15, 0.2) is 53.1 Å². The molecule has 2 aromatic rings. The molecule has 0 saturated heterocycles. The fraction of sp³-hybridized carbons (Fsp3) is 0.235. The molecule has 0 aromatic heterocycles. The lowest BCUT2D eigenvalue weighted by Gasteiger charge is -2.38. The highest BCUT2D eigenvalue weighted by Crippen LogP contribution is 2.36. The lowest BCUT2D eigenvalue weighted by Crippen LogP contribution is -2.53. The Morgan fingerprint density at radius 3 is 2.46 bits per heavy atom. The zero-order chi connectivity index (χ0) is 17.7. The van der Waals surface area contributed by atoms with Crippen molar-refractivity contribution in [2.45, 2.75) is 31.2 Å². The van der Waals surface area contributed by atoms with Crippen molar-refractivity contribution in [2.75, 3.05) is 4.90 Å². The molecule has 0 bridgehead atoms. The maximum Gasteiger partial charge on any atom is 0.297 e. The van der Waals surface area contributed by atoms with Gasteiger partial charge in [0.05, 0.1) is 11.2 Å². The number of fused-ring (bicyclic) bond motifs is 1. The van der Waals surface area contributed by atoms with Crippen LogP contribution in [0.5, 0.6) is 0 Å². The molecular weight excluding hydrogens is 344 g/mol. The van der Waals surface area contributed by atoms with E-state index < -0.39 is 10.1 Å². The van der Waals surface area contributed by atoms with E-state index in [2.05, 4.69) is 5.32 Å². The summed E-state index contributed by atoms with van der Waals surface area (Å²) in [4.78, 5) is 1.49. The second kappa shape index (κ2) is 5.54. The van der Waals surface area contributed by atoms with Gasteiger partial charge in [-0.3, -0.25) is 9.45 Å². The third-order valence-corrected chi connectivity index (χ3v) is 5.14. The number of rotatable bonds is 2. The number of nitrogens with zero attached hydrogens (tertiary/aromatic N) is 1. The molecule has 1 heterocycles. The van der Waals surface area contributed by atoms with Crippen molar-refractivity contribution >= 4 is 43.9 Å². The third-order valence-electron chi connectivity index (χ3n) is 3.91. The maximum absolute atomic E-state index is 12.1. The summed E-state index contributed by atoms with van der Waals surface area (Å²) in [5, 5.41) is 4.74. The fourth-order valence-corrected chi connectivity index (χ4v) is 4.49. The molecule has 0 atom stereocenters. The first kappa shape index (κ1) is 16.9. The van der Waals surface area contributed by atoms with Gasteiger partial charge in [0.25, 0.3) is 10.1 Å². The Labute approximate surface area is 146 Å². The smallest absolute Gasteiger partial charge is 0.297 e. The first-order valence-corrected chi connectivity index (χ1v) is 9.26. The minimum absolute atomic E-state index is 0.141. The largest absolute Gasteiger partial charge is 0.354 e. The average Bonchev–Trinajstić information content (AvgIpc) is 2.43. The van der Waals surface area contributed by atoms with E-state index in [9.17, 15) is 13.0 Å². The number of anilines is 1. The van der Waals surface area contributed by atoms with Crippen LogP contribution in [-0.4, -0.2) is 23.6 Å². The molecule has 0 radical (unpaired) electrons. The Kier molecular flexibility index (Phi) is 3.90. The molecule has 0 amide bonds. The predicted molar refractivity (Wildman–Crippen MR) is 99.8 cm³/mol. The van der Waals surface area contributed by atoms with Crippen molar-refractivity contribution in [1.29, 1.82) is 0 Å². The van der Waals surface area contributed by atoms with Crippen molar-refractivity contribution in [3.8, 4) is 0 Å².